The summed E-state index contributed by atoms with van der Waals surface area (Å²) in [6.07, 6.45) is 0. The van der Waals surface area contributed by atoms with E-state index in [1.807, 2.05) is 85.0 Å². The maximum atomic E-state index is 13.2. The molecule has 0 radical (unpaired) electrons. The minimum absolute atomic E-state index is 0.223. The van der Waals surface area contributed by atoms with Crippen LogP contribution in [0.15, 0.2) is 72.1 Å². The molecule has 0 fully saturated rings. The largest absolute Gasteiger partial charge is 0.378 e. The van der Waals surface area contributed by atoms with E-state index in [4.69, 9.17) is 0 Å². The van der Waals surface area contributed by atoms with E-state index in [2.05, 4.69) is 15.4 Å². The number of carbonyl (C=O) groups excluding carboxylic acids is 1. The first-order valence-electron chi connectivity index (χ1n) is 9.22. The predicted molar refractivity (Wildman–Crippen MR) is 118 cm³/mol. The van der Waals surface area contributed by atoms with Crippen LogP contribution in [-0.4, -0.2) is 34.8 Å². The van der Waals surface area contributed by atoms with Crippen LogP contribution >= 0.6 is 11.3 Å². The van der Waals surface area contributed by atoms with Gasteiger partial charge in [-0.1, -0.05) is 42.5 Å². The number of hydrogen-bond donors (Lipinski definition) is 1. The molecule has 0 atom stereocenters. The van der Waals surface area contributed by atoms with Crippen molar-refractivity contribution in [1.29, 1.82) is 0 Å². The summed E-state index contributed by atoms with van der Waals surface area (Å²) in [5.41, 5.74) is 2.61. The van der Waals surface area contributed by atoms with Gasteiger partial charge in [0.05, 0.1) is 4.88 Å². The fourth-order valence-electron chi connectivity index (χ4n) is 2.89. The van der Waals surface area contributed by atoms with Crippen LogP contribution in [0.1, 0.15) is 15.9 Å². The van der Waals surface area contributed by atoms with Gasteiger partial charge in [-0.3, -0.25) is 4.79 Å². The second-order valence-corrected chi connectivity index (χ2v) is 7.68. The van der Waals surface area contributed by atoms with Crippen LogP contribution in [0.4, 0.5) is 11.6 Å². The summed E-state index contributed by atoms with van der Waals surface area (Å²) < 4.78 is 1.35. The highest BCUT2D eigenvalue weighted by Crippen LogP contribution is 2.24. The Kier molecular flexibility index (Phi) is 5.39. The Hall–Kier alpha value is -3.45. The molecule has 1 N–H and O–H groups in total. The van der Waals surface area contributed by atoms with E-state index < -0.39 is 0 Å². The van der Waals surface area contributed by atoms with Gasteiger partial charge in [-0.05, 0) is 35.2 Å². The zero-order valence-corrected chi connectivity index (χ0v) is 17.1. The van der Waals surface area contributed by atoms with Crippen molar-refractivity contribution in [2.75, 3.05) is 24.3 Å². The molecule has 7 heteroatoms. The van der Waals surface area contributed by atoms with Crippen LogP contribution < -0.4 is 10.2 Å². The summed E-state index contributed by atoms with van der Waals surface area (Å²) in [7, 11) is 3.89. The van der Waals surface area contributed by atoms with Gasteiger partial charge < -0.3 is 10.2 Å². The quantitative estimate of drug-likeness (QED) is 0.518. The van der Waals surface area contributed by atoms with Crippen LogP contribution in [0, 0.1) is 0 Å². The second kappa shape index (κ2) is 8.28. The molecule has 2 aromatic heterocycles. The summed E-state index contributed by atoms with van der Waals surface area (Å²) >= 11 is 1.54. The Balaban J connectivity index is 1.68. The minimum atomic E-state index is -0.223. The molecular formula is C22H21N5OS. The van der Waals surface area contributed by atoms with Crippen molar-refractivity contribution < 1.29 is 4.79 Å². The number of aromatic nitrogens is 3. The molecule has 0 saturated carbocycles. The average Bonchev–Trinajstić information content (AvgIpc) is 3.42. The molecule has 2 aromatic carbocycles. The van der Waals surface area contributed by atoms with Gasteiger partial charge in [-0.2, -0.15) is 9.67 Å². The minimum Gasteiger partial charge on any atom is -0.378 e. The number of anilines is 2. The van der Waals surface area contributed by atoms with Gasteiger partial charge in [0.25, 0.3) is 5.91 Å². The van der Waals surface area contributed by atoms with Crippen molar-refractivity contribution in [2.24, 2.45) is 0 Å². The first-order valence-corrected chi connectivity index (χ1v) is 10.1. The number of carbonyl (C=O) groups is 1. The first kappa shape index (κ1) is 18.9. The Labute approximate surface area is 173 Å². The number of hydrogen-bond acceptors (Lipinski definition) is 6. The Morgan fingerprint density at radius 2 is 1.90 bits per heavy atom. The first-order chi connectivity index (χ1) is 14.1. The Morgan fingerprint density at radius 3 is 2.62 bits per heavy atom. The lowest BCUT2D eigenvalue weighted by Crippen LogP contribution is -2.18. The third kappa shape index (κ3) is 4.20. The highest BCUT2D eigenvalue weighted by atomic mass is 32.1. The lowest BCUT2D eigenvalue weighted by atomic mass is 10.2. The lowest BCUT2D eigenvalue weighted by Gasteiger charge is -2.13. The van der Waals surface area contributed by atoms with E-state index in [-0.39, 0.29) is 5.91 Å². The molecule has 4 aromatic rings. The van der Waals surface area contributed by atoms with E-state index in [0.29, 0.717) is 23.9 Å². The molecule has 29 heavy (non-hydrogen) atoms. The zero-order valence-electron chi connectivity index (χ0n) is 16.2. The summed E-state index contributed by atoms with van der Waals surface area (Å²) in [5.74, 6) is 0.741. The van der Waals surface area contributed by atoms with Crippen molar-refractivity contribution in [3.05, 3.63) is 83.2 Å². The van der Waals surface area contributed by atoms with Crippen LogP contribution in [0.3, 0.4) is 0 Å². The summed E-state index contributed by atoms with van der Waals surface area (Å²) in [6, 6.07) is 21.4. The monoisotopic (exact) mass is 403 g/mol. The topological polar surface area (TPSA) is 63.1 Å². The van der Waals surface area contributed by atoms with Crippen molar-refractivity contribution in [2.45, 2.75) is 6.54 Å². The van der Waals surface area contributed by atoms with Crippen LogP contribution in [0.25, 0.3) is 10.7 Å². The highest BCUT2D eigenvalue weighted by molar-refractivity contribution is 7.13. The molecule has 2 heterocycles. The van der Waals surface area contributed by atoms with E-state index in [0.717, 1.165) is 16.1 Å². The molecule has 0 saturated heterocycles. The summed E-state index contributed by atoms with van der Waals surface area (Å²) in [4.78, 5) is 20.7. The number of thiophene rings is 1. The molecule has 6 nitrogen and oxygen atoms in total. The third-order valence-corrected chi connectivity index (χ3v) is 5.31. The third-order valence-electron chi connectivity index (χ3n) is 4.44. The normalized spacial score (nSPS) is 10.7. The summed E-state index contributed by atoms with van der Waals surface area (Å²) in [6.45, 7) is 0.550. The molecule has 0 amide bonds. The molecule has 0 unspecified atom stereocenters. The molecule has 0 bridgehead atoms. The van der Waals surface area contributed by atoms with Gasteiger partial charge in [0, 0.05) is 31.9 Å². The van der Waals surface area contributed by atoms with Crippen molar-refractivity contribution in [3.63, 3.8) is 0 Å². The molecular weight excluding hydrogens is 382 g/mol. The van der Waals surface area contributed by atoms with Crippen LogP contribution in [0.2, 0.25) is 0 Å². The maximum absolute atomic E-state index is 13.2. The SMILES string of the molecule is CN(C)c1cccc(C(=O)n2nc(-c3cccs3)nc2NCc2ccccc2)c1. The molecule has 0 aliphatic carbocycles. The van der Waals surface area contributed by atoms with Crippen molar-refractivity contribution in [1.82, 2.24) is 14.8 Å². The van der Waals surface area contributed by atoms with E-state index in [9.17, 15) is 4.79 Å². The average molecular weight is 404 g/mol. The zero-order chi connectivity index (χ0) is 20.2. The Morgan fingerprint density at radius 1 is 1.07 bits per heavy atom. The summed E-state index contributed by atoms with van der Waals surface area (Å²) in [5, 5.41) is 9.74. The predicted octanol–water partition coefficient (Wildman–Crippen LogP) is 4.37. The Bertz CT molecular complexity index is 1100. The molecule has 146 valence electrons. The second-order valence-electron chi connectivity index (χ2n) is 6.74. The van der Waals surface area contributed by atoms with Gasteiger partial charge >= 0.3 is 0 Å². The fraction of sp³-hybridized carbons (Fsp3) is 0.136. The molecule has 0 spiro atoms. The number of rotatable bonds is 6. The molecule has 4 rings (SSSR count). The van der Waals surface area contributed by atoms with E-state index in [1.54, 1.807) is 17.4 Å². The van der Waals surface area contributed by atoms with Crippen LogP contribution in [-0.2, 0) is 6.54 Å². The van der Waals surface area contributed by atoms with Crippen molar-refractivity contribution in [3.8, 4) is 10.7 Å². The van der Waals surface area contributed by atoms with Crippen molar-refractivity contribution >= 4 is 28.9 Å². The van der Waals surface area contributed by atoms with Gasteiger partial charge in [0.1, 0.15) is 0 Å². The standard InChI is InChI=1S/C22H21N5OS/c1-26(2)18-11-6-10-17(14-18)21(28)27-22(23-15-16-8-4-3-5-9-16)24-20(25-27)19-12-7-13-29-19/h3-14H,15H2,1-2H3,(H,23,24,25). The highest BCUT2D eigenvalue weighted by Gasteiger charge is 2.19. The van der Waals surface area contributed by atoms with Crippen LogP contribution in [0.5, 0.6) is 0 Å². The van der Waals surface area contributed by atoms with Gasteiger partial charge in [0.15, 0.2) is 5.82 Å². The molecule has 0 aliphatic heterocycles. The molecule has 0 aliphatic rings. The van der Waals surface area contributed by atoms with E-state index >= 15 is 0 Å². The fourth-order valence-corrected chi connectivity index (χ4v) is 3.55. The van der Waals surface area contributed by atoms with Gasteiger partial charge in [-0.15, -0.1) is 16.4 Å². The number of benzene rings is 2. The smallest absolute Gasteiger partial charge is 0.281 e. The number of nitrogens with one attached hydrogen (secondary N) is 1. The number of nitrogens with zero attached hydrogens (tertiary/aromatic N) is 4. The van der Waals surface area contributed by atoms with E-state index in [1.165, 1.54) is 4.68 Å². The maximum Gasteiger partial charge on any atom is 0.281 e. The lowest BCUT2D eigenvalue weighted by molar-refractivity contribution is 0.0947. The van der Waals surface area contributed by atoms with Gasteiger partial charge in [-0.25, -0.2) is 0 Å². The van der Waals surface area contributed by atoms with Gasteiger partial charge in [0.2, 0.25) is 5.95 Å².